The molecule has 4 aromatic rings. The number of anilines is 1. The van der Waals surface area contributed by atoms with E-state index in [1.165, 1.54) is 6.07 Å². The summed E-state index contributed by atoms with van der Waals surface area (Å²) < 4.78 is 27.2. The first kappa shape index (κ1) is 22.9. The van der Waals surface area contributed by atoms with Crippen LogP contribution in [-0.4, -0.2) is 58.1 Å². The SMILES string of the molecule is N#Cc1cn2c(NCc3c(F)ccc4c3CCO4)ncc(-c3ccc(C(=O)N4CCOCC4)cc3)c2n1. The molecule has 1 N–H and O–H groups in total. The second kappa shape index (κ2) is 9.52. The Morgan fingerprint density at radius 3 is 2.73 bits per heavy atom. The molecule has 9 nitrogen and oxygen atoms in total. The summed E-state index contributed by atoms with van der Waals surface area (Å²) in [6.07, 6.45) is 3.92. The monoisotopic (exact) mass is 498 g/mol. The van der Waals surface area contributed by atoms with Crippen molar-refractivity contribution in [2.45, 2.75) is 13.0 Å². The molecule has 0 aliphatic carbocycles. The number of carbonyl (C=O) groups is 1. The zero-order valence-corrected chi connectivity index (χ0v) is 19.9. The highest BCUT2D eigenvalue weighted by molar-refractivity contribution is 5.95. The average molecular weight is 499 g/mol. The number of nitrogens with zero attached hydrogens (tertiary/aromatic N) is 5. The van der Waals surface area contributed by atoms with E-state index in [-0.39, 0.29) is 24.0 Å². The Morgan fingerprint density at radius 2 is 1.95 bits per heavy atom. The molecule has 0 unspecified atom stereocenters. The lowest BCUT2D eigenvalue weighted by Crippen LogP contribution is -2.40. The third kappa shape index (κ3) is 4.23. The van der Waals surface area contributed by atoms with Gasteiger partial charge in [0.15, 0.2) is 11.3 Å². The number of aromatic nitrogens is 3. The van der Waals surface area contributed by atoms with Gasteiger partial charge in [0, 0.05) is 54.5 Å². The van der Waals surface area contributed by atoms with E-state index in [9.17, 15) is 14.4 Å². The molecule has 0 bridgehead atoms. The van der Waals surface area contributed by atoms with Crippen LogP contribution in [0.25, 0.3) is 16.8 Å². The summed E-state index contributed by atoms with van der Waals surface area (Å²) in [6, 6.07) is 12.4. The quantitative estimate of drug-likeness (QED) is 0.450. The number of nitriles is 1. The second-order valence-corrected chi connectivity index (χ2v) is 8.86. The van der Waals surface area contributed by atoms with Gasteiger partial charge >= 0.3 is 0 Å². The van der Waals surface area contributed by atoms with Crippen molar-refractivity contribution in [2.75, 3.05) is 38.2 Å². The Balaban J connectivity index is 1.30. The Hall–Kier alpha value is -4.49. The predicted molar refractivity (Wildman–Crippen MR) is 133 cm³/mol. The van der Waals surface area contributed by atoms with Gasteiger partial charge in [-0.1, -0.05) is 12.1 Å². The number of amides is 1. The lowest BCUT2D eigenvalue weighted by atomic mass is 10.0. The zero-order chi connectivity index (χ0) is 25.4. The number of rotatable bonds is 5. The molecule has 0 saturated carbocycles. The molecule has 0 radical (unpaired) electrons. The van der Waals surface area contributed by atoms with Crippen LogP contribution in [0.4, 0.5) is 10.3 Å². The molecule has 2 aliphatic heterocycles. The van der Waals surface area contributed by atoms with E-state index in [2.05, 4.69) is 21.4 Å². The summed E-state index contributed by atoms with van der Waals surface area (Å²) >= 11 is 0. The number of hydrogen-bond acceptors (Lipinski definition) is 7. The normalized spacial score (nSPS) is 14.8. The Bertz CT molecular complexity index is 1540. The largest absolute Gasteiger partial charge is 0.493 e. The molecular formula is C27H23FN6O3. The first-order chi connectivity index (χ1) is 18.1. The van der Waals surface area contributed by atoms with E-state index in [0.717, 1.165) is 11.1 Å². The van der Waals surface area contributed by atoms with Crippen LogP contribution >= 0.6 is 0 Å². The van der Waals surface area contributed by atoms with Crippen LogP contribution < -0.4 is 10.1 Å². The molecule has 1 fully saturated rings. The third-order valence-electron chi connectivity index (χ3n) is 6.71. The van der Waals surface area contributed by atoms with E-state index >= 15 is 0 Å². The Morgan fingerprint density at radius 1 is 1.14 bits per heavy atom. The van der Waals surface area contributed by atoms with Crippen LogP contribution in [0.5, 0.6) is 5.75 Å². The smallest absolute Gasteiger partial charge is 0.254 e. The highest BCUT2D eigenvalue weighted by Gasteiger charge is 2.21. The number of imidazole rings is 1. The van der Waals surface area contributed by atoms with E-state index in [0.29, 0.717) is 73.4 Å². The van der Waals surface area contributed by atoms with Crippen molar-refractivity contribution in [1.29, 1.82) is 5.26 Å². The van der Waals surface area contributed by atoms with Crippen LogP contribution in [0.3, 0.4) is 0 Å². The zero-order valence-electron chi connectivity index (χ0n) is 19.9. The third-order valence-corrected chi connectivity index (χ3v) is 6.71. The maximum atomic E-state index is 14.6. The fourth-order valence-electron chi connectivity index (χ4n) is 4.78. The highest BCUT2D eigenvalue weighted by Crippen LogP contribution is 2.31. The molecule has 2 aromatic heterocycles. The van der Waals surface area contributed by atoms with Gasteiger partial charge in [0.05, 0.1) is 26.0 Å². The van der Waals surface area contributed by atoms with Crippen molar-refractivity contribution in [2.24, 2.45) is 0 Å². The molecule has 10 heteroatoms. The van der Waals surface area contributed by atoms with Gasteiger partial charge in [-0.05, 0) is 29.8 Å². The lowest BCUT2D eigenvalue weighted by Gasteiger charge is -2.26. The van der Waals surface area contributed by atoms with Crippen molar-refractivity contribution >= 4 is 17.5 Å². The van der Waals surface area contributed by atoms with Gasteiger partial charge in [0.2, 0.25) is 5.95 Å². The van der Waals surface area contributed by atoms with Crippen LogP contribution in [0.2, 0.25) is 0 Å². The van der Waals surface area contributed by atoms with Crippen molar-refractivity contribution < 1.29 is 18.7 Å². The summed E-state index contributed by atoms with van der Waals surface area (Å²) in [4.78, 5) is 23.6. The van der Waals surface area contributed by atoms with E-state index in [1.807, 2.05) is 12.1 Å². The van der Waals surface area contributed by atoms with Gasteiger partial charge in [-0.2, -0.15) is 5.26 Å². The topological polar surface area (TPSA) is 105 Å². The lowest BCUT2D eigenvalue weighted by molar-refractivity contribution is 0.0303. The maximum Gasteiger partial charge on any atom is 0.254 e. The number of halogens is 1. The van der Waals surface area contributed by atoms with Gasteiger partial charge in [0.1, 0.15) is 17.6 Å². The fraction of sp³-hybridized carbons (Fsp3) is 0.259. The van der Waals surface area contributed by atoms with Crippen molar-refractivity contribution in [3.05, 3.63) is 77.0 Å². The number of benzene rings is 2. The molecule has 2 aliphatic rings. The molecule has 1 amide bonds. The first-order valence-corrected chi connectivity index (χ1v) is 12.0. The van der Waals surface area contributed by atoms with Gasteiger partial charge < -0.3 is 19.7 Å². The number of morpholine rings is 1. The molecule has 1 saturated heterocycles. The summed E-state index contributed by atoms with van der Waals surface area (Å²) in [7, 11) is 0. The maximum absolute atomic E-state index is 14.6. The molecule has 0 spiro atoms. The van der Waals surface area contributed by atoms with E-state index in [1.54, 1.807) is 39.9 Å². The summed E-state index contributed by atoms with van der Waals surface area (Å²) in [6.45, 7) is 2.98. The Kier molecular flexibility index (Phi) is 5.90. The molecular weight excluding hydrogens is 475 g/mol. The van der Waals surface area contributed by atoms with E-state index in [4.69, 9.17) is 9.47 Å². The molecule has 0 atom stereocenters. The fourth-order valence-corrected chi connectivity index (χ4v) is 4.78. The molecule has 4 heterocycles. The van der Waals surface area contributed by atoms with Crippen LogP contribution in [0, 0.1) is 17.1 Å². The van der Waals surface area contributed by atoms with Crippen molar-refractivity contribution in [1.82, 2.24) is 19.3 Å². The minimum absolute atomic E-state index is 0.0322. The number of nitrogens with one attached hydrogen (secondary N) is 1. The number of carbonyl (C=O) groups excluding carboxylic acids is 1. The summed E-state index contributed by atoms with van der Waals surface area (Å²) in [5, 5.41) is 12.7. The van der Waals surface area contributed by atoms with Crippen molar-refractivity contribution in [3.8, 4) is 22.9 Å². The van der Waals surface area contributed by atoms with E-state index < -0.39 is 0 Å². The summed E-state index contributed by atoms with van der Waals surface area (Å²) in [5.74, 6) is 0.800. The second-order valence-electron chi connectivity index (χ2n) is 8.86. The predicted octanol–water partition coefficient (Wildman–Crippen LogP) is 3.43. The Labute approximate surface area is 212 Å². The number of ether oxygens (including phenoxy) is 2. The molecule has 37 heavy (non-hydrogen) atoms. The van der Waals surface area contributed by atoms with Gasteiger partial charge in [-0.3, -0.25) is 9.20 Å². The molecule has 2 aromatic carbocycles. The minimum Gasteiger partial charge on any atom is -0.493 e. The van der Waals surface area contributed by atoms with Crippen LogP contribution in [-0.2, 0) is 17.7 Å². The van der Waals surface area contributed by atoms with Crippen LogP contribution in [0.1, 0.15) is 27.2 Å². The minimum atomic E-state index is -0.306. The highest BCUT2D eigenvalue weighted by atomic mass is 19.1. The van der Waals surface area contributed by atoms with Crippen LogP contribution in [0.15, 0.2) is 48.8 Å². The molecule has 186 valence electrons. The average Bonchev–Trinajstić information content (AvgIpc) is 3.60. The standard InChI is InChI=1S/C27H23FN6O3/c28-23-5-6-24-20(7-10-37-24)22(23)15-31-27-30-14-21(25-32-19(13-29)16-34(25)27)17-1-3-18(4-2-17)26(35)33-8-11-36-12-9-33/h1-6,14,16H,7-12,15H2,(H,30,31). The summed E-state index contributed by atoms with van der Waals surface area (Å²) in [5.41, 5.74) is 4.26. The molecule has 6 rings (SSSR count). The number of hydrogen-bond donors (Lipinski definition) is 1. The number of fused-ring (bicyclic) bond motifs is 2. The van der Waals surface area contributed by atoms with Crippen molar-refractivity contribution in [3.63, 3.8) is 0 Å². The van der Waals surface area contributed by atoms with Gasteiger partial charge in [-0.25, -0.2) is 14.4 Å². The van der Waals surface area contributed by atoms with Gasteiger partial charge in [0.25, 0.3) is 5.91 Å². The van der Waals surface area contributed by atoms with Gasteiger partial charge in [-0.15, -0.1) is 0 Å². The first-order valence-electron chi connectivity index (χ1n) is 12.0.